The average Bonchev–Trinajstić information content (AvgIpc) is 2.04. The zero-order valence-corrected chi connectivity index (χ0v) is 9.81. The molecule has 78 valence electrons. The molecule has 1 aliphatic rings. The van der Waals surface area contributed by atoms with Gasteiger partial charge < -0.3 is 4.74 Å². The van der Waals surface area contributed by atoms with Crippen LogP contribution >= 0.6 is 0 Å². The molecule has 1 nitrogen and oxygen atoms in total. The largest absolute Gasteiger partial charge is 0.378 e. The Morgan fingerprint density at radius 3 is 2.00 bits per heavy atom. The summed E-state index contributed by atoms with van der Waals surface area (Å²) in [6, 6.07) is 0. The maximum Gasteiger partial charge on any atom is 0.0631 e. The molecule has 0 spiro atoms. The fourth-order valence-corrected chi connectivity index (χ4v) is 1.79. The lowest BCUT2D eigenvalue weighted by atomic mass is 9.64. The molecule has 13 heavy (non-hydrogen) atoms. The molecule has 0 aromatic carbocycles. The molecule has 0 aromatic heterocycles. The minimum Gasteiger partial charge on any atom is -0.378 e. The van der Waals surface area contributed by atoms with Crippen molar-refractivity contribution < 1.29 is 4.74 Å². The fraction of sp³-hybridized carbons (Fsp3) is 1.00. The van der Waals surface area contributed by atoms with Crippen LogP contribution < -0.4 is 0 Å². The lowest BCUT2D eigenvalue weighted by Gasteiger charge is -2.46. The first-order valence-corrected chi connectivity index (χ1v) is 5.47. The third-order valence-corrected chi connectivity index (χ3v) is 3.92. The molecule has 1 fully saturated rings. The van der Waals surface area contributed by atoms with Crippen molar-refractivity contribution in [2.24, 2.45) is 10.8 Å². The molecule has 0 aliphatic carbocycles. The Balaban J connectivity index is 2.67. The first kappa shape index (κ1) is 11.0. The summed E-state index contributed by atoms with van der Waals surface area (Å²) in [5, 5.41) is 0. The second-order valence-electron chi connectivity index (χ2n) is 5.83. The maximum absolute atomic E-state index is 5.87. The van der Waals surface area contributed by atoms with E-state index in [4.69, 9.17) is 4.74 Å². The van der Waals surface area contributed by atoms with E-state index in [-0.39, 0.29) is 5.41 Å². The molecule has 0 aromatic rings. The van der Waals surface area contributed by atoms with E-state index in [1.807, 2.05) is 0 Å². The zero-order valence-electron chi connectivity index (χ0n) is 9.81. The molecule has 0 radical (unpaired) electrons. The van der Waals surface area contributed by atoms with Crippen molar-refractivity contribution in [1.29, 1.82) is 0 Å². The second-order valence-corrected chi connectivity index (χ2v) is 5.83. The van der Waals surface area contributed by atoms with Crippen LogP contribution in [0.4, 0.5) is 0 Å². The molecule has 1 heteroatoms. The van der Waals surface area contributed by atoms with E-state index in [9.17, 15) is 0 Å². The summed E-state index contributed by atoms with van der Waals surface area (Å²) in [6.07, 6.45) is 4.28. The van der Waals surface area contributed by atoms with E-state index in [0.717, 1.165) is 6.61 Å². The van der Waals surface area contributed by atoms with Crippen LogP contribution in [0.15, 0.2) is 0 Å². The number of hydrogen-bond acceptors (Lipinski definition) is 1. The Kier molecular flexibility index (Phi) is 3.06. The van der Waals surface area contributed by atoms with E-state index >= 15 is 0 Å². The van der Waals surface area contributed by atoms with Gasteiger partial charge in [-0.05, 0) is 30.1 Å². The lowest BCUT2D eigenvalue weighted by Crippen LogP contribution is -2.43. The van der Waals surface area contributed by atoms with Gasteiger partial charge in [0.05, 0.1) is 6.10 Å². The number of rotatable bonds is 1. The van der Waals surface area contributed by atoms with Gasteiger partial charge in [0.1, 0.15) is 0 Å². The minimum absolute atomic E-state index is 0.285. The van der Waals surface area contributed by atoms with Gasteiger partial charge in [-0.15, -0.1) is 0 Å². The van der Waals surface area contributed by atoms with E-state index < -0.39 is 0 Å². The van der Waals surface area contributed by atoms with Crippen LogP contribution in [0.3, 0.4) is 0 Å². The maximum atomic E-state index is 5.87. The monoisotopic (exact) mass is 184 g/mol. The zero-order chi connectivity index (χ0) is 10.1. The fourth-order valence-electron chi connectivity index (χ4n) is 1.79. The van der Waals surface area contributed by atoms with Crippen molar-refractivity contribution in [3.8, 4) is 0 Å². The van der Waals surface area contributed by atoms with Crippen molar-refractivity contribution >= 4 is 0 Å². The van der Waals surface area contributed by atoms with Crippen LogP contribution in [-0.4, -0.2) is 12.7 Å². The molecule has 0 N–H and O–H groups in total. The number of hydrogen-bond donors (Lipinski definition) is 0. The standard InChI is InChI=1S/C12H24O/c1-11(2,3)12(4,5)10-8-6-7-9-13-10/h10H,6-9H2,1-5H3. The molecule has 0 saturated carbocycles. The van der Waals surface area contributed by atoms with Gasteiger partial charge in [-0.3, -0.25) is 0 Å². The first-order valence-electron chi connectivity index (χ1n) is 5.47. The third kappa shape index (κ3) is 2.25. The quantitative estimate of drug-likeness (QED) is 0.604. The van der Waals surface area contributed by atoms with Gasteiger partial charge in [0, 0.05) is 6.61 Å². The Labute approximate surface area is 82.9 Å². The third-order valence-electron chi connectivity index (χ3n) is 3.92. The molecule has 1 rings (SSSR count). The highest BCUT2D eigenvalue weighted by atomic mass is 16.5. The summed E-state index contributed by atoms with van der Waals surface area (Å²) in [5.74, 6) is 0. The van der Waals surface area contributed by atoms with Crippen LogP contribution in [0, 0.1) is 10.8 Å². The average molecular weight is 184 g/mol. The predicted molar refractivity (Wildman–Crippen MR) is 56.8 cm³/mol. The van der Waals surface area contributed by atoms with E-state index in [2.05, 4.69) is 34.6 Å². The van der Waals surface area contributed by atoms with Crippen LogP contribution in [0.5, 0.6) is 0 Å². The Morgan fingerprint density at radius 1 is 1.00 bits per heavy atom. The van der Waals surface area contributed by atoms with Crippen molar-refractivity contribution in [1.82, 2.24) is 0 Å². The summed E-state index contributed by atoms with van der Waals surface area (Å²) >= 11 is 0. The Morgan fingerprint density at radius 2 is 1.62 bits per heavy atom. The first-order chi connectivity index (χ1) is 5.86. The van der Waals surface area contributed by atoms with Crippen molar-refractivity contribution in [2.75, 3.05) is 6.61 Å². The van der Waals surface area contributed by atoms with Gasteiger partial charge in [-0.25, -0.2) is 0 Å². The second kappa shape index (κ2) is 3.61. The summed E-state index contributed by atoms with van der Waals surface area (Å²) in [4.78, 5) is 0. The smallest absolute Gasteiger partial charge is 0.0631 e. The van der Waals surface area contributed by atoms with Gasteiger partial charge in [0.15, 0.2) is 0 Å². The topological polar surface area (TPSA) is 9.23 Å². The minimum atomic E-state index is 0.285. The highest BCUT2D eigenvalue weighted by Crippen LogP contribution is 2.44. The molecular weight excluding hydrogens is 160 g/mol. The normalized spacial score (nSPS) is 26.1. The van der Waals surface area contributed by atoms with E-state index in [0.29, 0.717) is 11.5 Å². The molecule has 1 saturated heterocycles. The van der Waals surface area contributed by atoms with Crippen LogP contribution in [0.2, 0.25) is 0 Å². The van der Waals surface area contributed by atoms with Crippen LogP contribution in [0.1, 0.15) is 53.9 Å². The van der Waals surface area contributed by atoms with Gasteiger partial charge in [0.25, 0.3) is 0 Å². The van der Waals surface area contributed by atoms with Crippen molar-refractivity contribution in [3.05, 3.63) is 0 Å². The number of ether oxygens (including phenoxy) is 1. The van der Waals surface area contributed by atoms with Gasteiger partial charge in [0.2, 0.25) is 0 Å². The Hall–Kier alpha value is -0.0400. The molecule has 0 bridgehead atoms. The van der Waals surface area contributed by atoms with Crippen molar-refractivity contribution in [3.63, 3.8) is 0 Å². The molecule has 1 heterocycles. The van der Waals surface area contributed by atoms with Crippen LogP contribution in [0.25, 0.3) is 0 Å². The van der Waals surface area contributed by atoms with Gasteiger partial charge in [-0.2, -0.15) is 0 Å². The Bertz CT molecular complexity index is 158. The SMILES string of the molecule is CC(C)(C)C(C)(C)C1CCCCO1. The molecule has 1 aliphatic heterocycles. The summed E-state index contributed by atoms with van der Waals surface area (Å²) in [5.41, 5.74) is 0.614. The summed E-state index contributed by atoms with van der Waals surface area (Å²) in [6.45, 7) is 12.6. The van der Waals surface area contributed by atoms with E-state index in [1.54, 1.807) is 0 Å². The molecular formula is C12H24O. The van der Waals surface area contributed by atoms with E-state index in [1.165, 1.54) is 19.3 Å². The summed E-state index contributed by atoms with van der Waals surface area (Å²) < 4.78 is 5.87. The highest BCUT2D eigenvalue weighted by molar-refractivity contribution is 4.90. The molecule has 0 amide bonds. The van der Waals surface area contributed by atoms with Gasteiger partial charge >= 0.3 is 0 Å². The summed E-state index contributed by atoms with van der Waals surface area (Å²) in [7, 11) is 0. The van der Waals surface area contributed by atoms with Crippen LogP contribution in [-0.2, 0) is 4.74 Å². The van der Waals surface area contributed by atoms with Gasteiger partial charge in [-0.1, -0.05) is 34.6 Å². The van der Waals surface area contributed by atoms with Crippen molar-refractivity contribution in [2.45, 2.75) is 60.0 Å². The molecule has 1 atom stereocenters. The predicted octanol–water partition coefficient (Wildman–Crippen LogP) is 3.63. The highest BCUT2D eigenvalue weighted by Gasteiger charge is 2.41. The molecule has 1 unspecified atom stereocenters. The lowest BCUT2D eigenvalue weighted by molar-refractivity contribution is -0.0973.